The van der Waals surface area contributed by atoms with Crippen LogP contribution in [0.1, 0.15) is 31.5 Å². The van der Waals surface area contributed by atoms with E-state index in [-0.39, 0.29) is 11.9 Å². The molecule has 21 heavy (non-hydrogen) atoms. The quantitative estimate of drug-likeness (QED) is 0.867. The predicted molar refractivity (Wildman–Crippen MR) is 84.6 cm³/mol. The van der Waals surface area contributed by atoms with Gasteiger partial charge in [-0.05, 0) is 55.9 Å². The molecule has 4 heteroatoms. The molecule has 3 nitrogen and oxygen atoms in total. The van der Waals surface area contributed by atoms with Gasteiger partial charge in [0.15, 0.2) is 0 Å². The number of ether oxygens (including phenoxy) is 1. The summed E-state index contributed by atoms with van der Waals surface area (Å²) >= 11 is 6.10. The number of halogens is 1. The Morgan fingerprint density at radius 2 is 2.33 bits per heavy atom. The van der Waals surface area contributed by atoms with Crippen molar-refractivity contribution in [2.45, 2.75) is 33.1 Å². The van der Waals surface area contributed by atoms with Gasteiger partial charge in [-0.1, -0.05) is 18.5 Å². The summed E-state index contributed by atoms with van der Waals surface area (Å²) in [4.78, 5) is 15.4. The van der Waals surface area contributed by atoms with Crippen LogP contribution in [0.5, 0.6) is 0 Å². The molecule has 1 aliphatic rings. The van der Waals surface area contributed by atoms with Crippen LogP contribution in [0.4, 0.5) is 0 Å². The Balaban J connectivity index is 1.86. The molecule has 1 aliphatic carbocycles. The van der Waals surface area contributed by atoms with Crippen molar-refractivity contribution in [2.75, 3.05) is 6.61 Å². The summed E-state index contributed by atoms with van der Waals surface area (Å²) in [5.41, 5.74) is 3.74. The number of hydrogen-bond acceptors (Lipinski definition) is 2. The molecule has 0 bridgehead atoms. The lowest BCUT2D eigenvalue weighted by Gasteiger charge is -2.26. The molecule has 0 radical (unpaired) electrons. The van der Waals surface area contributed by atoms with Crippen molar-refractivity contribution in [2.24, 2.45) is 11.8 Å². The van der Waals surface area contributed by atoms with Crippen molar-refractivity contribution >= 4 is 28.5 Å². The number of H-pyrrole nitrogens is 1. The fraction of sp³-hybridized carbons (Fsp3) is 0.471. The Morgan fingerprint density at radius 1 is 1.52 bits per heavy atom. The number of benzene rings is 1. The van der Waals surface area contributed by atoms with E-state index in [9.17, 15) is 4.79 Å². The SMILES string of the molecule is CCOC(=O)C(C)C1CCc2c([nH]c3ccc(Cl)cc23)C1. The largest absolute Gasteiger partial charge is 0.466 e. The van der Waals surface area contributed by atoms with Crippen molar-refractivity contribution in [3.63, 3.8) is 0 Å². The van der Waals surface area contributed by atoms with Crippen LogP contribution in [0, 0.1) is 11.8 Å². The van der Waals surface area contributed by atoms with Crippen LogP contribution in [0.15, 0.2) is 18.2 Å². The average Bonchev–Trinajstić information content (AvgIpc) is 2.83. The molecule has 1 N–H and O–H groups in total. The van der Waals surface area contributed by atoms with Crippen LogP contribution in [-0.2, 0) is 22.4 Å². The molecular weight excluding hydrogens is 286 g/mol. The van der Waals surface area contributed by atoms with Gasteiger partial charge in [0.05, 0.1) is 12.5 Å². The lowest BCUT2D eigenvalue weighted by atomic mass is 9.79. The summed E-state index contributed by atoms with van der Waals surface area (Å²) in [6.45, 7) is 4.28. The second kappa shape index (κ2) is 5.72. The molecule has 2 atom stereocenters. The summed E-state index contributed by atoms with van der Waals surface area (Å²) < 4.78 is 5.15. The first-order valence-corrected chi connectivity index (χ1v) is 7.93. The maximum absolute atomic E-state index is 11.9. The first kappa shape index (κ1) is 14.5. The number of carbonyl (C=O) groups is 1. The Bertz CT molecular complexity index is 677. The predicted octanol–water partition coefficient (Wildman–Crippen LogP) is 4.13. The monoisotopic (exact) mass is 305 g/mol. The fourth-order valence-corrected chi connectivity index (χ4v) is 3.49. The summed E-state index contributed by atoms with van der Waals surface area (Å²) in [5.74, 6) is 0.221. The number of aromatic amines is 1. The van der Waals surface area contributed by atoms with Crippen molar-refractivity contribution in [3.8, 4) is 0 Å². The number of fused-ring (bicyclic) bond motifs is 3. The van der Waals surface area contributed by atoms with Crippen molar-refractivity contribution in [1.82, 2.24) is 4.98 Å². The maximum atomic E-state index is 11.9. The molecule has 0 saturated carbocycles. The first-order chi connectivity index (χ1) is 10.1. The fourth-order valence-electron chi connectivity index (χ4n) is 3.32. The maximum Gasteiger partial charge on any atom is 0.308 e. The number of rotatable bonds is 3. The highest BCUT2D eigenvalue weighted by atomic mass is 35.5. The Hall–Kier alpha value is -1.48. The summed E-state index contributed by atoms with van der Waals surface area (Å²) in [6, 6.07) is 5.96. The minimum atomic E-state index is -0.0786. The third-order valence-corrected chi connectivity index (χ3v) is 4.79. The van der Waals surface area contributed by atoms with Gasteiger partial charge in [0, 0.05) is 21.6 Å². The molecule has 1 aromatic carbocycles. The van der Waals surface area contributed by atoms with E-state index in [0.29, 0.717) is 12.5 Å². The number of aromatic nitrogens is 1. The Kier molecular flexibility index (Phi) is 3.94. The number of hydrogen-bond donors (Lipinski definition) is 1. The molecular formula is C17H20ClNO2. The third-order valence-electron chi connectivity index (χ3n) is 4.55. The zero-order valence-corrected chi connectivity index (χ0v) is 13.2. The van der Waals surface area contributed by atoms with E-state index in [1.807, 2.05) is 32.0 Å². The van der Waals surface area contributed by atoms with Crippen molar-refractivity contribution < 1.29 is 9.53 Å². The smallest absolute Gasteiger partial charge is 0.308 e. The van der Waals surface area contributed by atoms with E-state index in [4.69, 9.17) is 16.3 Å². The van der Waals surface area contributed by atoms with Crippen LogP contribution in [0.25, 0.3) is 10.9 Å². The molecule has 0 saturated heterocycles. The average molecular weight is 306 g/mol. The standard InChI is InChI=1S/C17H20ClNO2/c1-3-21-17(20)10(2)11-4-6-13-14-9-12(18)5-7-15(14)19-16(13)8-11/h5,7,9-11,19H,3-4,6,8H2,1-2H3. The van der Waals surface area contributed by atoms with E-state index < -0.39 is 0 Å². The van der Waals surface area contributed by atoms with Gasteiger partial charge in [0.2, 0.25) is 0 Å². The van der Waals surface area contributed by atoms with Gasteiger partial charge < -0.3 is 9.72 Å². The second-order valence-electron chi connectivity index (χ2n) is 5.82. The molecule has 2 unspecified atom stereocenters. The highest BCUT2D eigenvalue weighted by molar-refractivity contribution is 6.31. The van der Waals surface area contributed by atoms with Crippen molar-refractivity contribution in [1.29, 1.82) is 0 Å². The normalized spacial score (nSPS) is 19.3. The van der Waals surface area contributed by atoms with Gasteiger partial charge in [0.1, 0.15) is 0 Å². The van der Waals surface area contributed by atoms with E-state index >= 15 is 0 Å². The molecule has 3 rings (SSSR count). The van der Waals surface area contributed by atoms with Gasteiger partial charge in [-0.15, -0.1) is 0 Å². The van der Waals surface area contributed by atoms with Gasteiger partial charge in [-0.2, -0.15) is 0 Å². The summed E-state index contributed by atoms with van der Waals surface area (Å²) in [6.07, 6.45) is 2.91. The minimum Gasteiger partial charge on any atom is -0.466 e. The Labute approximate surface area is 129 Å². The first-order valence-electron chi connectivity index (χ1n) is 7.55. The molecule has 112 valence electrons. The van der Waals surface area contributed by atoms with E-state index in [2.05, 4.69) is 4.98 Å². The Morgan fingerprint density at radius 3 is 3.10 bits per heavy atom. The second-order valence-corrected chi connectivity index (χ2v) is 6.25. The highest BCUT2D eigenvalue weighted by Gasteiger charge is 2.30. The molecule has 0 spiro atoms. The van der Waals surface area contributed by atoms with Gasteiger partial charge in [0.25, 0.3) is 0 Å². The lowest BCUT2D eigenvalue weighted by molar-refractivity contribution is -0.149. The molecule has 0 fully saturated rings. The van der Waals surface area contributed by atoms with Crippen molar-refractivity contribution in [3.05, 3.63) is 34.5 Å². The van der Waals surface area contributed by atoms with Crippen LogP contribution in [0.3, 0.4) is 0 Å². The van der Waals surface area contributed by atoms with Gasteiger partial charge in [-0.25, -0.2) is 0 Å². The van der Waals surface area contributed by atoms with E-state index in [1.54, 1.807) is 0 Å². The van der Waals surface area contributed by atoms with Crippen LogP contribution < -0.4 is 0 Å². The lowest BCUT2D eigenvalue weighted by Crippen LogP contribution is -2.28. The molecule has 0 aliphatic heterocycles. The third kappa shape index (κ3) is 2.67. The number of nitrogens with one attached hydrogen (secondary N) is 1. The minimum absolute atomic E-state index is 0.0481. The number of carbonyl (C=O) groups excluding carboxylic acids is 1. The number of esters is 1. The van der Waals surface area contributed by atoms with Crippen LogP contribution >= 0.6 is 11.6 Å². The highest BCUT2D eigenvalue weighted by Crippen LogP contribution is 2.35. The summed E-state index contributed by atoms with van der Waals surface area (Å²) in [7, 11) is 0. The van der Waals surface area contributed by atoms with Crippen LogP contribution in [-0.4, -0.2) is 17.6 Å². The topological polar surface area (TPSA) is 42.1 Å². The molecule has 0 amide bonds. The van der Waals surface area contributed by atoms with Gasteiger partial charge in [-0.3, -0.25) is 4.79 Å². The zero-order valence-electron chi connectivity index (χ0n) is 12.4. The molecule has 1 aromatic heterocycles. The summed E-state index contributed by atoms with van der Waals surface area (Å²) in [5, 5.41) is 1.99. The van der Waals surface area contributed by atoms with Gasteiger partial charge >= 0.3 is 5.97 Å². The number of aryl methyl sites for hydroxylation is 1. The zero-order chi connectivity index (χ0) is 15.0. The van der Waals surface area contributed by atoms with E-state index in [1.165, 1.54) is 16.6 Å². The molecule has 1 heterocycles. The van der Waals surface area contributed by atoms with Crippen LogP contribution in [0.2, 0.25) is 5.02 Å². The molecule has 2 aromatic rings. The van der Waals surface area contributed by atoms with E-state index in [0.717, 1.165) is 29.8 Å².